The Morgan fingerprint density at radius 2 is 0.899 bits per heavy atom. The van der Waals surface area contributed by atoms with Gasteiger partial charge in [0, 0.05) is 44.2 Å². The highest BCUT2D eigenvalue weighted by atomic mass is 32.2. The van der Waals surface area contributed by atoms with E-state index in [9.17, 15) is 25.2 Å². The average Bonchev–Trinajstić information content (AvgIpc) is 3.38. The third kappa shape index (κ3) is 12.9. The predicted molar refractivity (Wildman–Crippen MR) is 277 cm³/mol. The van der Waals surface area contributed by atoms with Crippen molar-refractivity contribution in [3.05, 3.63) is 215 Å². The van der Waals surface area contributed by atoms with Crippen molar-refractivity contribution in [2.45, 2.75) is 66.6 Å². The van der Waals surface area contributed by atoms with Crippen molar-refractivity contribution >= 4 is 29.6 Å². The number of rotatable bonds is 22. The molecule has 0 radical (unpaired) electrons. The lowest BCUT2D eigenvalue weighted by Gasteiger charge is -2.40. The van der Waals surface area contributed by atoms with Crippen molar-refractivity contribution in [2.75, 3.05) is 57.4 Å². The summed E-state index contributed by atoms with van der Waals surface area (Å²) >= 11 is 3.63. The smallest absolute Gasteiger partial charge is 0.410 e. The standard InChI is InChI=1S/C57H66N2O8S2/c1-55(2,3)67-54(64)59(38-41-69-57(46-28-16-7-17-29-46,47-30-18-8-19-31-47)48-32-20-9-21-33-48)35-34-58(36-39-65-53-52(63)51(62)50(61)49(42-60)66-53)37-40-68-56(43-22-10-4-11-23-43,44-24-12-5-13-25-44)45-26-14-6-15-27-45/h4-33,49-53,60-63H,34-42H2,1-3H3/t49-,50-,51+,52-,53-/m1/s1. The predicted octanol–water partition coefficient (Wildman–Crippen LogP) is 8.79. The summed E-state index contributed by atoms with van der Waals surface area (Å²) in [6.07, 6.45) is -7.34. The SMILES string of the molecule is CC(C)(C)OC(=O)N(CCSC(c1ccccc1)(c1ccccc1)c1ccccc1)CCN(CCO[C@@H]1O[C@H](CO)[C@@H](O)[C@H](O)[C@H]1O)CCSC(c1ccccc1)(c1ccccc1)c1ccccc1. The quantitative estimate of drug-likeness (QED) is 0.0487. The number of hydrogen-bond donors (Lipinski definition) is 4. The molecule has 0 aliphatic carbocycles. The molecule has 0 unspecified atom stereocenters. The lowest BCUT2D eigenvalue weighted by atomic mass is 9.84. The molecule has 1 saturated heterocycles. The zero-order chi connectivity index (χ0) is 48.7. The largest absolute Gasteiger partial charge is 0.444 e. The molecule has 364 valence electrons. The van der Waals surface area contributed by atoms with Gasteiger partial charge in [-0.2, -0.15) is 0 Å². The number of carbonyl (C=O) groups excluding carboxylic acids is 1. The Hall–Kier alpha value is -4.99. The topological polar surface area (TPSA) is 132 Å². The third-order valence-electron chi connectivity index (χ3n) is 12.4. The van der Waals surface area contributed by atoms with Gasteiger partial charge < -0.3 is 39.5 Å². The van der Waals surface area contributed by atoms with E-state index in [1.807, 2.05) is 68.9 Å². The van der Waals surface area contributed by atoms with Crippen molar-refractivity contribution in [1.82, 2.24) is 9.80 Å². The van der Waals surface area contributed by atoms with E-state index in [1.54, 1.807) is 16.7 Å². The molecular formula is C57H66N2O8S2. The van der Waals surface area contributed by atoms with Crippen LogP contribution < -0.4 is 0 Å². The monoisotopic (exact) mass is 970 g/mol. The van der Waals surface area contributed by atoms with Crippen LogP contribution in [0.25, 0.3) is 0 Å². The molecule has 1 aliphatic rings. The van der Waals surface area contributed by atoms with E-state index in [0.717, 1.165) is 33.4 Å². The second-order valence-electron chi connectivity index (χ2n) is 18.1. The number of benzene rings is 6. The summed E-state index contributed by atoms with van der Waals surface area (Å²) in [5.74, 6) is 1.26. The first kappa shape index (κ1) is 51.8. The van der Waals surface area contributed by atoms with Crippen LogP contribution in [0, 0.1) is 0 Å². The van der Waals surface area contributed by atoms with Crippen LogP contribution >= 0.6 is 23.5 Å². The maximum Gasteiger partial charge on any atom is 0.410 e. The molecule has 0 bridgehead atoms. The van der Waals surface area contributed by atoms with E-state index in [-0.39, 0.29) is 6.61 Å². The summed E-state index contributed by atoms with van der Waals surface area (Å²) in [6.45, 7) is 7.33. The number of amides is 1. The molecule has 5 atom stereocenters. The van der Waals surface area contributed by atoms with E-state index in [4.69, 9.17) is 14.2 Å². The van der Waals surface area contributed by atoms with Gasteiger partial charge >= 0.3 is 6.09 Å². The molecule has 69 heavy (non-hydrogen) atoms. The molecule has 12 heteroatoms. The Kier molecular flexibility index (Phi) is 18.6. The van der Waals surface area contributed by atoms with Gasteiger partial charge in [-0.15, -0.1) is 23.5 Å². The summed E-state index contributed by atoms with van der Waals surface area (Å²) in [6, 6.07) is 63.2. The van der Waals surface area contributed by atoms with Crippen LogP contribution in [0.2, 0.25) is 0 Å². The van der Waals surface area contributed by atoms with Crippen LogP contribution in [0.15, 0.2) is 182 Å². The molecule has 1 amide bonds. The first-order valence-corrected chi connectivity index (χ1v) is 25.7. The fourth-order valence-electron chi connectivity index (χ4n) is 8.90. The molecule has 10 nitrogen and oxygen atoms in total. The van der Waals surface area contributed by atoms with Crippen molar-refractivity contribution in [3.63, 3.8) is 0 Å². The van der Waals surface area contributed by atoms with Gasteiger partial charge in [-0.05, 0) is 54.2 Å². The van der Waals surface area contributed by atoms with Gasteiger partial charge in [0.05, 0.1) is 22.7 Å². The number of hydrogen-bond acceptors (Lipinski definition) is 11. The van der Waals surface area contributed by atoms with Gasteiger partial charge in [0.1, 0.15) is 30.0 Å². The molecule has 6 aromatic rings. The second kappa shape index (κ2) is 24.7. The van der Waals surface area contributed by atoms with Gasteiger partial charge in [-0.1, -0.05) is 182 Å². The lowest BCUT2D eigenvalue weighted by molar-refractivity contribution is -0.301. The molecule has 0 spiro atoms. The van der Waals surface area contributed by atoms with Crippen molar-refractivity contribution < 1.29 is 39.4 Å². The summed E-state index contributed by atoms with van der Waals surface area (Å²) in [5.41, 5.74) is 6.13. The molecule has 1 fully saturated rings. The third-order valence-corrected chi connectivity index (χ3v) is 15.4. The molecule has 7 rings (SSSR count). The highest BCUT2D eigenvalue weighted by Gasteiger charge is 2.44. The van der Waals surface area contributed by atoms with Crippen LogP contribution in [0.4, 0.5) is 4.79 Å². The summed E-state index contributed by atoms with van der Waals surface area (Å²) in [4.78, 5) is 18.3. The number of ether oxygens (including phenoxy) is 3. The number of aliphatic hydroxyl groups excluding tert-OH is 4. The van der Waals surface area contributed by atoms with Crippen LogP contribution in [-0.2, 0) is 23.7 Å². The van der Waals surface area contributed by atoms with Gasteiger partial charge in [-0.3, -0.25) is 4.90 Å². The number of thioether (sulfide) groups is 2. The summed E-state index contributed by atoms with van der Waals surface area (Å²) in [5, 5.41) is 41.6. The van der Waals surface area contributed by atoms with Crippen molar-refractivity contribution in [1.29, 1.82) is 0 Å². The van der Waals surface area contributed by atoms with Crippen LogP contribution in [0.3, 0.4) is 0 Å². The van der Waals surface area contributed by atoms with Crippen LogP contribution in [-0.4, -0.2) is 130 Å². The Labute approximate surface area is 416 Å². The second-order valence-corrected chi connectivity index (χ2v) is 20.8. The molecule has 0 saturated carbocycles. The Morgan fingerprint density at radius 1 is 0.522 bits per heavy atom. The maximum absolute atomic E-state index is 14.3. The van der Waals surface area contributed by atoms with Gasteiger partial charge in [0.25, 0.3) is 0 Å². The summed E-state index contributed by atoms with van der Waals surface area (Å²) in [7, 11) is 0. The minimum Gasteiger partial charge on any atom is -0.444 e. The fraction of sp³-hybridized carbons (Fsp3) is 0.351. The normalized spacial score (nSPS) is 18.8. The fourth-order valence-corrected chi connectivity index (χ4v) is 12.0. The van der Waals surface area contributed by atoms with Gasteiger partial charge in [0.2, 0.25) is 0 Å². The summed E-state index contributed by atoms with van der Waals surface area (Å²) < 4.78 is 16.7. The zero-order valence-corrected chi connectivity index (χ0v) is 41.3. The first-order chi connectivity index (χ1) is 33.5. The molecule has 4 N–H and O–H groups in total. The van der Waals surface area contributed by atoms with Crippen molar-refractivity contribution in [2.24, 2.45) is 0 Å². The maximum atomic E-state index is 14.3. The van der Waals surface area contributed by atoms with Crippen LogP contribution in [0.1, 0.15) is 54.2 Å². The number of aliphatic hydroxyl groups is 4. The van der Waals surface area contributed by atoms with Crippen LogP contribution in [0.5, 0.6) is 0 Å². The minimum absolute atomic E-state index is 0.0879. The Morgan fingerprint density at radius 3 is 1.26 bits per heavy atom. The zero-order valence-electron chi connectivity index (χ0n) is 39.7. The average molecular weight is 971 g/mol. The first-order valence-electron chi connectivity index (χ1n) is 23.7. The number of nitrogens with zero attached hydrogens (tertiary/aromatic N) is 2. The molecule has 1 aliphatic heterocycles. The lowest BCUT2D eigenvalue weighted by Crippen LogP contribution is -2.59. The van der Waals surface area contributed by atoms with E-state index < -0.39 is 58.5 Å². The van der Waals surface area contributed by atoms with E-state index in [1.165, 1.54) is 0 Å². The molecular weight excluding hydrogens is 905 g/mol. The van der Waals surface area contributed by atoms with Gasteiger partial charge in [0.15, 0.2) is 6.29 Å². The van der Waals surface area contributed by atoms with Crippen molar-refractivity contribution in [3.8, 4) is 0 Å². The highest BCUT2D eigenvalue weighted by molar-refractivity contribution is 8.00. The molecule has 0 aromatic heterocycles. The Bertz CT molecular complexity index is 2220. The van der Waals surface area contributed by atoms with E-state index in [0.29, 0.717) is 44.2 Å². The Balaban J connectivity index is 1.16. The number of carbonyl (C=O) groups is 1. The van der Waals surface area contributed by atoms with E-state index >= 15 is 0 Å². The van der Waals surface area contributed by atoms with Gasteiger partial charge in [-0.25, -0.2) is 4.79 Å². The minimum atomic E-state index is -1.56. The molecule has 1 heterocycles. The molecule has 6 aromatic carbocycles. The highest BCUT2D eigenvalue weighted by Crippen LogP contribution is 2.49. The van der Waals surface area contributed by atoms with E-state index in [2.05, 4.69) is 150 Å².